The number of para-hydroxylation sites is 1. The second kappa shape index (κ2) is 11.0. The van der Waals surface area contributed by atoms with Crippen molar-refractivity contribution < 1.29 is 18.7 Å². The van der Waals surface area contributed by atoms with E-state index in [0.29, 0.717) is 29.9 Å². The van der Waals surface area contributed by atoms with Crippen molar-refractivity contribution in [3.63, 3.8) is 0 Å². The third kappa shape index (κ3) is 5.77. The first kappa shape index (κ1) is 23.6. The van der Waals surface area contributed by atoms with Gasteiger partial charge in [0, 0.05) is 10.4 Å². The third-order valence-electron chi connectivity index (χ3n) is 5.58. The standard InChI is InChI=1S/C27H26ClFO3/c1-27(26(28)16-18-30,21-11-13-22(31-2)14-12-21)17-6-7-20-10-15-24(29)25(19-20)32-23-8-4-3-5-9-23/h3-5,8-16,18-19H,6-7,17H2,1-2H3. The van der Waals surface area contributed by atoms with Crippen LogP contribution in [0.15, 0.2) is 83.9 Å². The first-order valence-electron chi connectivity index (χ1n) is 10.4. The van der Waals surface area contributed by atoms with Crippen molar-refractivity contribution in [3.8, 4) is 17.2 Å². The minimum atomic E-state index is -0.530. The second-order valence-corrected chi connectivity index (χ2v) is 8.15. The Labute approximate surface area is 193 Å². The molecule has 0 bridgehead atoms. The molecule has 0 aromatic heterocycles. The number of carbonyl (C=O) groups excluding carboxylic acids is 1. The highest BCUT2D eigenvalue weighted by molar-refractivity contribution is 6.31. The van der Waals surface area contributed by atoms with Crippen molar-refractivity contribution in [2.75, 3.05) is 7.11 Å². The van der Waals surface area contributed by atoms with Crippen LogP contribution in [0.1, 0.15) is 30.9 Å². The van der Waals surface area contributed by atoms with Crippen LogP contribution < -0.4 is 9.47 Å². The summed E-state index contributed by atoms with van der Waals surface area (Å²) in [4.78, 5) is 11.1. The predicted octanol–water partition coefficient (Wildman–Crippen LogP) is 7.23. The lowest BCUT2D eigenvalue weighted by Crippen LogP contribution is -2.23. The highest BCUT2D eigenvalue weighted by Crippen LogP contribution is 2.39. The molecule has 0 aliphatic heterocycles. The maximum absolute atomic E-state index is 14.2. The lowest BCUT2D eigenvalue weighted by atomic mass is 9.77. The van der Waals surface area contributed by atoms with Crippen LogP contribution in [-0.4, -0.2) is 13.4 Å². The van der Waals surface area contributed by atoms with E-state index in [9.17, 15) is 9.18 Å². The summed E-state index contributed by atoms with van der Waals surface area (Å²) in [6.45, 7) is 2.02. The van der Waals surface area contributed by atoms with Crippen molar-refractivity contribution >= 4 is 17.9 Å². The molecule has 32 heavy (non-hydrogen) atoms. The fraction of sp³-hybridized carbons (Fsp3) is 0.222. The van der Waals surface area contributed by atoms with E-state index in [1.54, 1.807) is 31.4 Å². The molecule has 5 heteroatoms. The quantitative estimate of drug-likeness (QED) is 0.240. The molecule has 3 aromatic rings. The molecule has 0 fully saturated rings. The molecule has 3 aromatic carbocycles. The topological polar surface area (TPSA) is 35.5 Å². The number of benzene rings is 3. The number of halogens is 2. The summed E-state index contributed by atoms with van der Waals surface area (Å²) in [5.41, 5.74) is 1.43. The van der Waals surface area contributed by atoms with E-state index < -0.39 is 11.2 Å². The first-order chi connectivity index (χ1) is 15.5. The van der Waals surface area contributed by atoms with Crippen LogP contribution in [0.4, 0.5) is 4.39 Å². The van der Waals surface area contributed by atoms with Crippen LogP contribution in [0.2, 0.25) is 0 Å². The Bertz CT molecular complexity index is 1060. The summed E-state index contributed by atoms with van der Waals surface area (Å²) < 4.78 is 25.2. The summed E-state index contributed by atoms with van der Waals surface area (Å²) in [6.07, 6.45) is 4.30. The highest BCUT2D eigenvalue weighted by Gasteiger charge is 2.30. The number of rotatable bonds is 10. The van der Waals surface area contributed by atoms with Crippen molar-refractivity contribution in [1.29, 1.82) is 0 Å². The van der Waals surface area contributed by atoms with Gasteiger partial charge in [-0.25, -0.2) is 4.39 Å². The number of hydrogen-bond acceptors (Lipinski definition) is 3. The van der Waals surface area contributed by atoms with Crippen LogP contribution in [-0.2, 0) is 16.6 Å². The Morgan fingerprint density at radius 2 is 1.75 bits per heavy atom. The fourth-order valence-corrected chi connectivity index (χ4v) is 3.90. The average Bonchev–Trinajstić information content (AvgIpc) is 2.82. The van der Waals surface area contributed by atoms with Crippen LogP contribution in [0.3, 0.4) is 0 Å². The number of aryl methyl sites for hydroxylation is 1. The number of hydrogen-bond donors (Lipinski definition) is 0. The van der Waals surface area contributed by atoms with Crippen molar-refractivity contribution in [2.45, 2.75) is 31.6 Å². The maximum atomic E-state index is 14.2. The van der Waals surface area contributed by atoms with Crippen molar-refractivity contribution in [3.05, 3.63) is 101 Å². The molecule has 166 valence electrons. The van der Waals surface area contributed by atoms with Gasteiger partial charge in [-0.3, -0.25) is 4.79 Å². The highest BCUT2D eigenvalue weighted by atomic mass is 35.5. The summed E-state index contributed by atoms with van der Waals surface area (Å²) in [7, 11) is 1.62. The van der Waals surface area contributed by atoms with Crippen molar-refractivity contribution in [2.24, 2.45) is 0 Å². The molecule has 0 aliphatic rings. The SMILES string of the molecule is COc1ccc(C(C)(CCCc2ccc(F)c(Oc3ccccc3)c2)C(Cl)=CC=O)cc1. The van der Waals surface area contributed by atoms with Gasteiger partial charge in [0.1, 0.15) is 17.8 Å². The molecule has 0 heterocycles. The smallest absolute Gasteiger partial charge is 0.165 e. The van der Waals surface area contributed by atoms with Gasteiger partial charge in [-0.05, 0) is 72.9 Å². The monoisotopic (exact) mass is 452 g/mol. The number of methoxy groups -OCH3 is 1. The van der Waals surface area contributed by atoms with E-state index in [1.807, 2.05) is 49.4 Å². The van der Waals surface area contributed by atoms with Gasteiger partial charge in [0.05, 0.1) is 7.11 Å². The van der Waals surface area contributed by atoms with Gasteiger partial charge < -0.3 is 9.47 Å². The van der Waals surface area contributed by atoms with Gasteiger partial charge in [0.25, 0.3) is 0 Å². The summed E-state index contributed by atoms with van der Waals surface area (Å²) in [5, 5.41) is 0.477. The van der Waals surface area contributed by atoms with Gasteiger partial charge in [0.15, 0.2) is 11.6 Å². The second-order valence-electron chi connectivity index (χ2n) is 7.74. The zero-order chi connectivity index (χ0) is 23.0. The van der Waals surface area contributed by atoms with Gasteiger partial charge in [-0.1, -0.05) is 54.9 Å². The number of allylic oxidation sites excluding steroid dienone is 2. The fourth-order valence-electron chi connectivity index (χ4n) is 3.65. The molecule has 0 radical (unpaired) electrons. The summed E-state index contributed by atoms with van der Waals surface area (Å²) in [5.74, 6) is 1.13. The molecule has 3 rings (SSSR count). The van der Waals surface area contributed by atoms with Crippen LogP contribution in [0.25, 0.3) is 0 Å². The molecule has 0 saturated heterocycles. The first-order valence-corrected chi connectivity index (χ1v) is 10.8. The number of carbonyl (C=O) groups is 1. The average molecular weight is 453 g/mol. The molecular weight excluding hydrogens is 427 g/mol. The predicted molar refractivity (Wildman–Crippen MR) is 126 cm³/mol. The Morgan fingerprint density at radius 3 is 2.41 bits per heavy atom. The molecule has 1 atom stereocenters. The minimum absolute atomic E-state index is 0.200. The van der Waals surface area contributed by atoms with Crippen LogP contribution >= 0.6 is 11.6 Å². The van der Waals surface area contributed by atoms with Crippen LogP contribution in [0, 0.1) is 5.82 Å². The third-order valence-corrected chi connectivity index (χ3v) is 6.12. The zero-order valence-electron chi connectivity index (χ0n) is 18.2. The lowest BCUT2D eigenvalue weighted by Gasteiger charge is -2.30. The normalized spacial score (nSPS) is 13.3. The van der Waals surface area contributed by atoms with Gasteiger partial charge in [-0.15, -0.1) is 0 Å². The van der Waals surface area contributed by atoms with Gasteiger partial charge >= 0.3 is 0 Å². The van der Waals surface area contributed by atoms with Crippen LogP contribution in [0.5, 0.6) is 17.2 Å². The molecule has 0 saturated carbocycles. The van der Waals surface area contributed by atoms with E-state index >= 15 is 0 Å². The van der Waals surface area contributed by atoms with Gasteiger partial charge in [0.2, 0.25) is 0 Å². The van der Waals surface area contributed by atoms with E-state index in [1.165, 1.54) is 12.1 Å². The molecular formula is C27H26ClFO3. The summed E-state index contributed by atoms with van der Waals surface area (Å²) >= 11 is 6.54. The molecule has 0 spiro atoms. The Kier molecular flexibility index (Phi) is 8.07. The Hall–Kier alpha value is -3.11. The largest absolute Gasteiger partial charge is 0.497 e. The maximum Gasteiger partial charge on any atom is 0.165 e. The molecule has 0 N–H and O–H groups in total. The van der Waals surface area contributed by atoms with Crippen molar-refractivity contribution in [1.82, 2.24) is 0 Å². The number of ether oxygens (including phenoxy) is 2. The number of aldehydes is 1. The summed E-state index contributed by atoms with van der Waals surface area (Å²) in [6, 6.07) is 21.7. The molecule has 0 aliphatic carbocycles. The van der Waals surface area contributed by atoms with E-state index in [-0.39, 0.29) is 5.75 Å². The van der Waals surface area contributed by atoms with E-state index in [0.717, 1.165) is 23.3 Å². The van der Waals surface area contributed by atoms with E-state index in [4.69, 9.17) is 21.1 Å². The molecule has 3 nitrogen and oxygen atoms in total. The molecule has 0 amide bonds. The Morgan fingerprint density at radius 1 is 1.03 bits per heavy atom. The Balaban J connectivity index is 1.75. The lowest BCUT2D eigenvalue weighted by molar-refractivity contribution is -0.104. The molecule has 1 unspecified atom stereocenters. The zero-order valence-corrected chi connectivity index (χ0v) is 18.9. The van der Waals surface area contributed by atoms with Gasteiger partial charge in [-0.2, -0.15) is 0 Å². The minimum Gasteiger partial charge on any atom is -0.497 e. The van der Waals surface area contributed by atoms with E-state index in [2.05, 4.69) is 0 Å².